The zero-order valence-corrected chi connectivity index (χ0v) is 12.5. The molecule has 2 aromatic rings. The van der Waals surface area contributed by atoms with Crippen molar-refractivity contribution in [3.63, 3.8) is 0 Å². The van der Waals surface area contributed by atoms with Crippen molar-refractivity contribution in [1.29, 1.82) is 0 Å². The lowest BCUT2D eigenvalue weighted by Gasteiger charge is -2.16. The standard InChI is InChI=1S/C13H12Cl2FNOS/c1-2-10(13-17-8(6-14)7-19-13)18-11-5-3-4-9(15)12(11)16/h3-5,7,10H,2,6H2,1H3. The van der Waals surface area contributed by atoms with Crippen LogP contribution in [0.3, 0.4) is 0 Å². The smallest absolute Gasteiger partial charge is 0.183 e. The largest absolute Gasteiger partial charge is 0.480 e. The summed E-state index contributed by atoms with van der Waals surface area (Å²) >= 11 is 12.9. The molecule has 0 aliphatic rings. The Morgan fingerprint density at radius 1 is 1.47 bits per heavy atom. The van der Waals surface area contributed by atoms with Crippen molar-refractivity contribution >= 4 is 34.5 Å². The summed E-state index contributed by atoms with van der Waals surface area (Å²) in [6, 6.07) is 4.69. The molecular formula is C13H12Cl2FNOS. The van der Waals surface area contributed by atoms with E-state index in [1.165, 1.54) is 17.4 Å². The molecule has 0 saturated heterocycles. The number of ether oxygens (including phenoxy) is 1. The molecule has 6 heteroatoms. The summed E-state index contributed by atoms with van der Waals surface area (Å²) in [5.41, 5.74) is 0.801. The highest BCUT2D eigenvalue weighted by molar-refractivity contribution is 7.09. The minimum atomic E-state index is -0.545. The molecule has 2 nitrogen and oxygen atoms in total. The van der Waals surface area contributed by atoms with Crippen molar-refractivity contribution in [2.75, 3.05) is 0 Å². The average molecular weight is 320 g/mol. The lowest BCUT2D eigenvalue weighted by atomic mass is 10.2. The molecule has 1 atom stereocenters. The summed E-state index contributed by atoms with van der Waals surface area (Å²) < 4.78 is 19.5. The Labute approximate surface area is 125 Å². The van der Waals surface area contributed by atoms with Gasteiger partial charge in [-0.1, -0.05) is 24.6 Å². The van der Waals surface area contributed by atoms with Gasteiger partial charge in [0.2, 0.25) is 0 Å². The second kappa shape index (κ2) is 6.55. The fraction of sp³-hybridized carbons (Fsp3) is 0.308. The number of hydrogen-bond acceptors (Lipinski definition) is 3. The Balaban J connectivity index is 2.21. The summed E-state index contributed by atoms with van der Waals surface area (Å²) in [7, 11) is 0. The highest BCUT2D eigenvalue weighted by Crippen LogP contribution is 2.31. The molecule has 0 bridgehead atoms. The van der Waals surface area contributed by atoms with Gasteiger partial charge in [0.25, 0.3) is 0 Å². The van der Waals surface area contributed by atoms with Gasteiger partial charge in [-0.25, -0.2) is 9.37 Å². The van der Waals surface area contributed by atoms with Crippen LogP contribution in [0.25, 0.3) is 0 Å². The third-order valence-electron chi connectivity index (χ3n) is 2.54. The summed E-state index contributed by atoms with van der Waals surface area (Å²) in [5, 5.41) is 2.72. The SMILES string of the molecule is CCC(Oc1cccc(Cl)c1F)c1nc(CCl)cs1. The molecule has 19 heavy (non-hydrogen) atoms. The van der Waals surface area contributed by atoms with Crippen LogP contribution in [0.4, 0.5) is 4.39 Å². The van der Waals surface area contributed by atoms with Crippen LogP contribution in [-0.2, 0) is 5.88 Å². The van der Waals surface area contributed by atoms with Gasteiger partial charge in [0.15, 0.2) is 11.6 Å². The molecule has 0 aliphatic heterocycles. The summed E-state index contributed by atoms with van der Waals surface area (Å²) in [4.78, 5) is 4.35. The molecule has 0 radical (unpaired) electrons. The molecule has 1 heterocycles. The minimum absolute atomic E-state index is 0.0490. The van der Waals surface area contributed by atoms with Crippen molar-refractivity contribution in [2.24, 2.45) is 0 Å². The molecular weight excluding hydrogens is 308 g/mol. The number of rotatable bonds is 5. The summed E-state index contributed by atoms with van der Waals surface area (Å²) in [5.74, 6) is -0.0444. The highest BCUT2D eigenvalue weighted by atomic mass is 35.5. The Hall–Kier alpha value is -0.840. The van der Waals surface area contributed by atoms with E-state index in [1.54, 1.807) is 12.1 Å². The zero-order chi connectivity index (χ0) is 13.8. The molecule has 0 N–H and O–H groups in total. The molecule has 102 valence electrons. The van der Waals surface area contributed by atoms with Crippen molar-refractivity contribution < 1.29 is 9.13 Å². The molecule has 0 saturated carbocycles. The normalized spacial score (nSPS) is 12.4. The van der Waals surface area contributed by atoms with Gasteiger partial charge in [-0.2, -0.15) is 0 Å². The first-order valence-corrected chi connectivity index (χ1v) is 7.55. The van der Waals surface area contributed by atoms with E-state index in [0.29, 0.717) is 12.3 Å². The van der Waals surface area contributed by atoms with Gasteiger partial charge in [-0.3, -0.25) is 0 Å². The maximum Gasteiger partial charge on any atom is 0.183 e. The van der Waals surface area contributed by atoms with Crippen LogP contribution in [0.1, 0.15) is 30.2 Å². The van der Waals surface area contributed by atoms with Gasteiger partial charge >= 0.3 is 0 Å². The quantitative estimate of drug-likeness (QED) is 0.706. The van der Waals surface area contributed by atoms with Crippen LogP contribution in [0.15, 0.2) is 23.6 Å². The third kappa shape index (κ3) is 3.38. The van der Waals surface area contributed by atoms with Crippen molar-refractivity contribution in [3.05, 3.63) is 45.1 Å². The number of benzene rings is 1. The maximum absolute atomic E-state index is 13.8. The predicted molar refractivity (Wildman–Crippen MR) is 76.7 cm³/mol. The van der Waals surface area contributed by atoms with Gasteiger partial charge in [0.05, 0.1) is 16.6 Å². The van der Waals surface area contributed by atoms with Crippen LogP contribution in [0.2, 0.25) is 5.02 Å². The summed E-state index contributed by atoms with van der Waals surface area (Å²) in [6.07, 6.45) is 0.385. The van der Waals surface area contributed by atoms with E-state index in [4.69, 9.17) is 27.9 Å². The number of hydrogen-bond donors (Lipinski definition) is 0. The fourth-order valence-corrected chi connectivity index (χ4v) is 2.89. The first-order chi connectivity index (χ1) is 9.15. The van der Waals surface area contributed by atoms with Gasteiger partial charge in [-0.05, 0) is 18.6 Å². The molecule has 0 aliphatic carbocycles. The van der Waals surface area contributed by atoms with E-state index in [1.807, 2.05) is 12.3 Å². The Bertz CT molecular complexity index is 561. The van der Waals surface area contributed by atoms with E-state index in [9.17, 15) is 4.39 Å². The van der Waals surface area contributed by atoms with Crippen molar-refractivity contribution in [3.8, 4) is 5.75 Å². The minimum Gasteiger partial charge on any atom is -0.480 e. The first kappa shape index (κ1) is 14.6. The predicted octanol–water partition coefficient (Wildman–Crippen LogP) is 5.20. The van der Waals surface area contributed by atoms with Crippen LogP contribution in [0.5, 0.6) is 5.75 Å². The second-order valence-corrected chi connectivity index (χ2v) is 5.44. The lowest BCUT2D eigenvalue weighted by molar-refractivity contribution is 0.192. The average Bonchev–Trinajstić information content (AvgIpc) is 2.89. The van der Waals surface area contributed by atoms with E-state index < -0.39 is 5.82 Å². The molecule has 0 fully saturated rings. The topological polar surface area (TPSA) is 22.1 Å². The van der Waals surface area contributed by atoms with Crippen molar-refractivity contribution in [1.82, 2.24) is 4.98 Å². The number of aromatic nitrogens is 1. The lowest BCUT2D eigenvalue weighted by Crippen LogP contribution is -2.07. The number of thiazole rings is 1. The number of alkyl halides is 1. The molecule has 1 aromatic heterocycles. The number of nitrogens with zero attached hydrogens (tertiary/aromatic N) is 1. The Kier molecular flexibility index (Phi) is 5.02. The Morgan fingerprint density at radius 3 is 2.89 bits per heavy atom. The van der Waals surface area contributed by atoms with Gasteiger partial charge in [-0.15, -0.1) is 22.9 Å². The second-order valence-electron chi connectivity index (χ2n) is 3.88. The van der Waals surface area contributed by atoms with Gasteiger partial charge < -0.3 is 4.74 Å². The third-order valence-corrected chi connectivity index (χ3v) is 4.09. The first-order valence-electron chi connectivity index (χ1n) is 5.76. The van der Waals surface area contributed by atoms with E-state index >= 15 is 0 Å². The summed E-state index contributed by atoms with van der Waals surface area (Å²) in [6.45, 7) is 1.95. The Morgan fingerprint density at radius 2 is 2.26 bits per heavy atom. The van der Waals surface area contributed by atoms with Crippen LogP contribution >= 0.6 is 34.5 Å². The fourth-order valence-electron chi connectivity index (χ4n) is 1.57. The van der Waals surface area contributed by atoms with Crippen LogP contribution < -0.4 is 4.74 Å². The monoisotopic (exact) mass is 319 g/mol. The molecule has 0 spiro atoms. The maximum atomic E-state index is 13.8. The van der Waals surface area contributed by atoms with E-state index in [2.05, 4.69) is 4.98 Å². The van der Waals surface area contributed by atoms with Crippen LogP contribution in [0, 0.1) is 5.82 Å². The van der Waals surface area contributed by atoms with Gasteiger partial charge in [0.1, 0.15) is 11.1 Å². The van der Waals surface area contributed by atoms with Gasteiger partial charge in [0, 0.05) is 5.38 Å². The molecule has 1 unspecified atom stereocenters. The molecule has 0 amide bonds. The van der Waals surface area contributed by atoms with Crippen LogP contribution in [-0.4, -0.2) is 4.98 Å². The van der Waals surface area contributed by atoms with E-state index in [0.717, 1.165) is 10.7 Å². The zero-order valence-electron chi connectivity index (χ0n) is 10.2. The number of halogens is 3. The highest BCUT2D eigenvalue weighted by Gasteiger charge is 2.18. The molecule has 2 rings (SSSR count). The van der Waals surface area contributed by atoms with E-state index in [-0.39, 0.29) is 16.9 Å². The van der Waals surface area contributed by atoms with Crippen molar-refractivity contribution in [2.45, 2.75) is 25.3 Å². The molecule has 1 aromatic carbocycles.